The Labute approximate surface area is 125 Å². The summed E-state index contributed by atoms with van der Waals surface area (Å²) >= 11 is 6.19. The number of rotatable bonds is 2. The minimum atomic E-state index is -0.502. The number of H-pyrrole nitrogens is 1. The van der Waals surface area contributed by atoms with E-state index in [0.717, 1.165) is 11.3 Å². The molecule has 0 radical (unpaired) electrons. The van der Waals surface area contributed by atoms with E-state index < -0.39 is 6.10 Å². The molecule has 0 bridgehead atoms. The van der Waals surface area contributed by atoms with Crippen LogP contribution < -0.4 is 4.74 Å². The van der Waals surface area contributed by atoms with Crippen LogP contribution in [0.2, 0.25) is 5.02 Å². The zero-order chi connectivity index (χ0) is 14.4. The van der Waals surface area contributed by atoms with Crippen LogP contribution in [0, 0.1) is 0 Å². The summed E-state index contributed by atoms with van der Waals surface area (Å²) in [7, 11) is 0. The fraction of sp³-hybridized carbons (Fsp3) is 0.125. The second-order valence-electron chi connectivity index (χ2n) is 5.00. The molecule has 0 spiro atoms. The third kappa shape index (κ3) is 1.91. The summed E-state index contributed by atoms with van der Waals surface area (Å²) in [6.45, 7) is 0. The van der Waals surface area contributed by atoms with Crippen molar-refractivity contribution >= 4 is 28.4 Å². The monoisotopic (exact) mass is 298 g/mol. The van der Waals surface area contributed by atoms with Crippen LogP contribution in [0.5, 0.6) is 5.75 Å². The number of aromatic amines is 1. The first-order chi connectivity index (χ1) is 10.2. The van der Waals surface area contributed by atoms with Crippen LogP contribution in [0.1, 0.15) is 15.9 Å². The van der Waals surface area contributed by atoms with Gasteiger partial charge in [-0.25, -0.2) is 4.98 Å². The summed E-state index contributed by atoms with van der Waals surface area (Å²) in [5, 5.41) is 1.17. The SMILES string of the molecule is O=C(c1c[nH]c2nccc(Cl)c12)C1Cc2ccccc2O1. The highest BCUT2D eigenvalue weighted by Gasteiger charge is 2.31. The number of fused-ring (bicyclic) bond motifs is 2. The van der Waals surface area contributed by atoms with Crippen LogP contribution in [0.4, 0.5) is 0 Å². The predicted molar refractivity (Wildman–Crippen MR) is 80.0 cm³/mol. The molecule has 0 fully saturated rings. The molecule has 1 atom stereocenters. The molecule has 1 aromatic carbocycles. The average molecular weight is 299 g/mol. The van der Waals surface area contributed by atoms with Crippen LogP contribution in [0.3, 0.4) is 0 Å². The minimum Gasteiger partial charge on any atom is -0.482 e. The topological polar surface area (TPSA) is 55.0 Å². The summed E-state index contributed by atoms with van der Waals surface area (Å²) in [5.74, 6) is 0.701. The lowest BCUT2D eigenvalue weighted by molar-refractivity contribution is 0.0826. The molecule has 0 saturated heterocycles. The highest BCUT2D eigenvalue weighted by molar-refractivity contribution is 6.36. The Kier molecular flexibility index (Phi) is 2.72. The van der Waals surface area contributed by atoms with E-state index in [-0.39, 0.29) is 5.78 Å². The van der Waals surface area contributed by atoms with Gasteiger partial charge in [0.1, 0.15) is 11.4 Å². The van der Waals surface area contributed by atoms with E-state index in [1.807, 2.05) is 24.3 Å². The van der Waals surface area contributed by atoms with Crippen molar-refractivity contribution in [2.24, 2.45) is 0 Å². The van der Waals surface area contributed by atoms with Gasteiger partial charge in [-0.1, -0.05) is 29.8 Å². The maximum atomic E-state index is 12.7. The lowest BCUT2D eigenvalue weighted by atomic mass is 10.0. The number of pyridine rings is 1. The van der Waals surface area contributed by atoms with Crippen molar-refractivity contribution in [1.82, 2.24) is 9.97 Å². The van der Waals surface area contributed by atoms with Gasteiger partial charge in [-0.3, -0.25) is 4.79 Å². The molecular formula is C16H11ClN2O2. The summed E-state index contributed by atoms with van der Waals surface area (Å²) in [6.07, 6.45) is 3.34. The van der Waals surface area contributed by atoms with Crippen molar-refractivity contribution in [3.05, 3.63) is 58.9 Å². The Hall–Kier alpha value is -2.33. The molecule has 1 aliphatic rings. The standard InChI is InChI=1S/C16H11ClN2O2/c17-11-5-6-18-16-14(11)10(8-19-16)15(20)13-7-9-3-1-2-4-12(9)21-13/h1-6,8,13H,7H2,(H,18,19). The number of nitrogens with one attached hydrogen (secondary N) is 1. The Morgan fingerprint density at radius 3 is 3.05 bits per heavy atom. The van der Waals surface area contributed by atoms with E-state index in [1.54, 1.807) is 18.5 Å². The molecule has 4 nitrogen and oxygen atoms in total. The van der Waals surface area contributed by atoms with Crippen LogP contribution >= 0.6 is 11.6 Å². The fourth-order valence-electron chi connectivity index (χ4n) is 2.71. The van der Waals surface area contributed by atoms with E-state index >= 15 is 0 Å². The van der Waals surface area contributed by atoms with Crippen LogP contribution in [0.25, 0.3) is 11.0 Å². The Morgan fingerprint density at radius 2 is 2.19 bits per heavy atom. The first-order valence-corrected chi connectivity index (χ1v) is 7.02. The molecule has 5 heteroatoms. The van der Waals surface area contributed by atoms with E-state index in [0.29, 0.717) is 28.0 Å². The molecule has 0 amide bonds. The molecule has 3 heterocycles. The van der Waals surface area contributed by atoms with Gasteiger partial charge in [0.05, 0.1) is 10.6 Å². The first kappa shape index (κ1) is 12.4. The van der Waals surface area contributed by atoms with Crippen molar-refractivity contribution in [1.29, 1.82) is 0 Å². The Bertz CT molecular complexity index is 831. The molecule has 3 aromatic rings. The summed E-state index contributed by atoms with van der Waals surface area (Å²) in [5.41, 5.74) is 2.20. The van der Waals surface area contributed by atoms with Gasteiger partial charge in [0.2, 0.25) is 5.78 Å². The van der Waals surface area contributed by atoms with Crippen LogP contribution in [-0.4, -0.2) is 21.9 Å². The van der Waals surface area contributed by atoms with Gasteiger partial charge in [-0.2, -0.15) is 0 Å². The molecule has 1 unspecified atom stereocenters. The zero-order valence-electron chi connectivity index (χ0n) is 11.0. The Balaban J connectivity index is 1.73. The number of carbonyl (C=O) groups is 1. The minimum absolute atomic E-state index is 0.0765. The van der Waals surface area contributed by atoms with Crippen LogP contribution in [0.15, 0.2) is 42.7 Å². The maximum absolute atomic E-state index is 12.7. The number of benzene rings is 1. The molecule has 4 rings (SSSR count). The number of para-hydroxylation sites is 1. The predicted octanol–water partition coefficient (Wildman–Crippen LogP) is 3.40. The second kappa shape index (κ2) is 4.60. The van der Waals surface area contributed by atoms with Crippen molar-refractivity contribution in [2.75, 3.05) is 0 Å². The number of Topliss-reactive ketones (excluding diaryl/α,β-unsaturated/α-hetero) is 1. The molecule has 2 aromatic heterocycles. The van der Waals surface area contributed by atoms with Crippen LogP contribution in [-0.2, 0) is 6.42 Å². The van der Waals surface area contributed by atoms with E-state index in [9.17, 15) is 4.79 Å². The fourth-order valence-corrected chi connectivity index (χ4v) is 2.96. The molecule has 104 valence electrons. The lowest BCUT2D eigenvalue weighted by Gasteiger charge is -2.09. The quantitative estimate of drug-likeness (QED) is 0.738. The van der Waals surface area contributed by atoms with E-state index in [2.05, 4.69) is 9.97 Å². The zero-order valence-corrected chi connectivity index (χ0v) is 11.7. The van der Waals surface area contributed by atoms with E-state index in [1.165, 1.54) is 0 Å². The third-order valence-corrected chi connectivity index (χ3v) is 4.04. The van der Waals surface area contributed by atoms with Crippen molar-refractivity contribution < 1.29 is 9.53 Å². The highest BCUT2D eigenvalue weighted by atomic mass is 35.5. The van der Waals surface area contributed by atoms with E-state index in [4.69, 9.17) is 16.3 Å². The molecule has 1 N–H and O–H groups in total. The lowest BCUT2D eigenvalue weighted by Crippen LogP contribution is -2.25. The smallest absolute Gasteiger partial charge is 0.205 e. The normalized spacial score (nSPS) is 16.7. The molecule has 1 aliphatic heterocycles. The number of ketones is 1. The van der Waals surface area contributed by atoms with Gasteiger partial charge >= 0.3 is 0 Å². The van der Waals surface area contributed by atoms with Crippen molar-refractivity contribution in [2.45, 2.75) is 12.5 Å². The summed E-state index contributed by atoms with van der Waals surface area (Å²) in [4.78, 5) is 19.9. The largest absolute Gasteiger partial charge is 0.482 e. The average Bonchev–Trinajstić information content (AvgIpc) is 3.11. The number of hydrogen-bond acceptors (Lipinski definition) is 3. The number of aromatic nitrogens is 2. The second-order valence-corrected chi connectivity index (χ2v) is 5.41. The number of halogens is 1. The highest BCUT2D eigenvalue weighted by Crippen LogP contribution is 2.32. The molecule has 0 saturated carbocycles. The summed E-state index contributed by atoms with van der Waals surface area (Å²) < 4.78 is 5.75. The van der Waals surface area contributed by atoms with Gasteiger partial charge in [-0.15, -0.1) is 0 Å². The number of hydrogen-bond donors (Lipinski definition) is 1. The maximum Gasteiger partial charge on any atom is 0.205 e. The van der Waals surface area contributed by atoms with Gasteiger partial charge in [0, 0.05) is 24.2 Å². The first-order valence-electron chi connectivity index (χ1n) is 6.64. The van der Waals surface area contributed by atoms with Crippen molar-refractivity contribution in [3.8, 4) is 5.75 Å². The number of carbonyl (C=O) groups excluding carboxylic acids is 1. The van der Waals surface area contributed by atoms with Gasteiger partial charge in [0.25, 0.3) is 0 Å². The third-order valence-electron chi connectivity index (χ3n) is 3.73. The van der Waals surface area contributed by atoms with Gasteiger partial charge in [-0.05, 0) is 17.7 Å². The molecular weight excluding hydrogens is 288 g/mol. The molecule has 21 heavy (non-hydrogen) atoms. The number of nitrogens with zero attached hydrogens (tertiary/aromatic N) is 1. The number of ether oxygens (including phenoxy) is 1. The summed E-state index contributed by atoms with van der Waals surface area (Å²) in [6, 6.07) is 9.39. The van der Waals surface area contributed by atoms with Crippen molar-refractivity contribution in [3.63, 3.8) is 0 Å². The van der Waals surface area contributed by atoms with Gasteiger partial charge < -0.3 is 9.72 Å². The van der Waals surface area contributed by atoms with Gasteiger partial charge in [0.15, 0.2) is 6.10 Å². The Morgan fingerprint density at radius 1 is 1.33 bits per heavy atom. The molecule has 0 aliphatic carbocycles.